The molecule has 6 rings (SSSR count). The molecule has 220 valence electrons. The highest BCUT2D eigenvalue weighted by molar-refractivity contribution is 5.90. The molecule has 0 spiro atoms. The highest BCUT2D eigenvalue weighted by atomic mass is 16.5. The standard InChI is InChI=1S/C31H34N10O2/c1-21(20-42)16-40-18-25(15-36-40)24-11-26(30-27(12-32)31(33)37-41(30)19-24)23-4-5-28(34-14-23)39-9-7-38(8-10-39)17-22-3-6-29(43-2)35-13-22/h3-6,11,13-15,18-19,21,42H,7-10,16-17,20H2,1-2H3,(H2,33,37)/t21-/m1/s1. The number of piperazine rings is 1. The van der Waals surface area contributed by atoms with Crippen LogP contribution in [0.5, 0.6) is 5.88 Å². The second-order valence-electron chi connectivity index (χ2n) is 10.9. The minimum absolute atomic E-state index is 0.0910. The van der Waals surface area contributed by atoms with Crippen LogP contribution < -0.4 is 15.4 Å². The van der Waals surface area contributed by atoms with Crippen molar-refractivity contribution in [2.24, 2.45) is 5.92 Å². The number of hydrogen-bond acceptors (Lipinski definition) is 10. The average Bonchev–Trinajstić information content (AvgIpc) is 3.64. The normalized spacial score (nSPS) is 14.6. The highest BCUT2D eigenvalue weighted by Crippen LogP contribution is 2.34. The molecule has 0 radical (unpaired) electrons. The molecule has 1 fully saturated rings. The molecule has 1 aliphatic heterocycles. The van der Waals surface area contributed by atoms with E-state index in [2.05, 4.69) is 37.1 Å². The van der Waals surface area contributed by atoms with Gasteiger partial charge in [-0.1, -0.05) is 13.0 Å². The van der Waals surface area contributed by atoms with Crippen molar-refractivity contribution < 1.29 is 9.84 Å². The number of methoxy groups -OCH3 is 1. The molecular weight excluding hydrogens is 544 g/mol. The molecule has 0 aromatic carbocycles. The van der Waals surface area contributed by atoms with Gasteiger partial charge in [-0.2, -0.15) is 10.4 Å². The van der Waals surface area contributed by atoms with Gasteiger partial charge in [-0.3, -0.25) is 9.58 Å². The molecule has 3 N–H and O–H groups in total. The van der Waals surface area contributed by atoms with Crippen LogP contribution in [0.15, 0.2) is 61.3 Å². The molecule has 43 heavy (non-hydrogen) atoms. The van der Waals surface area contributed by atoms with Gasteiger partial charge in [0, 0.05) is 99.0 Å². The maximum Gasteiger partial charge on any atom is 0.212 e. The molecule has 0 amide bonds. The molecule has 1 saturated heterocycles. The van der Waals surface area contributed by atoms with E-state index in [1.54, 1.807) is 17.8 Å². The minimum Gasteiger partial charge on any atom is -0.481 e. The highest BCUT2D eigenvalue weighted by Gasteiger charge is 2.21. The fourth-order valence-electron chi connectivity index (χ4n) is 5.42. The SMILES string of the molecule is COc1ccc(CN2CCN(c3ccc(-c4cc(-c5cnn(C[C@@H](C)CO)c5)cn5nc(N)c(C#N)c45)cn3)CC2)cn1. The van der Waals surface area contributed by atoms with Crippen LogP contribution in [-0.2, 0) is 13.1 Å². The van der Waals surface area contributed by atoms with E-state index < -0.39 is 0 Å². The fourth-order valence-corrected chi connectivity index (χ4v) is 5.42. The van der Waals surface area contributed by atoms with Crippen LogP contribution in [0.2, 0.25) is 0 Å². The largest absolute Gasteiger partial charge is 0.481 e. The third-order valence-corrected chi connectivity index (χ3v) is 7.81. The first-order valence-electron chi connectivity index (χ1n) is 14.2. The maximum atomic E-state index is 9.87. The predicted octanol–water partition coefficient (Wildman–Crippen LogP) is 3.07. The molecule has 12 heteroatoms. The number of nitriles is 1. The van der Waals surface area contributed by atoms with Crippen molar-refractivity contribution >= 4 is 17.2 Å². The molecule has 0 aliphatic carbocycles. The Morgan fingerprint density at radius 1 is 1.02 bits per heavy atom. The van der Waals surface area contributed by atoms with Gasteiger partial charge < -0.3 is 20.5 Å². The van der Waals surface area contributed by atoms with Crippen molar-refractivity contribution in [2.75, 3.05) is 50.5 Å². The summed E-state index contributed by atoms with van der Waals surface area (Å²) < 4.78 is 8.65. The summed E-state index contributed by atoms with van der Waals surface area (Å²) in [4.78, 5) is 13.8. The molecule has 12 nitrogen and oxygen atoms in total. The summed E-state index contributed by atoms with van der Waals surface area (Å²) in [6, 6.07) is 12.3. The lowest BCUT2D eigenvalue weighted by Gasteiger charge is -2.35. The third-order valence-electron chi connectivity index (χ3n) is 7.81. The van der Waals surface area contributed by atoms with E-state index in [0.717, 1.165) is 66.4 Å². The van der Waals surface area contributed by atoms with Crippen LogP contribution >= 0.6 is 0 Å². The van der Waals surface area contributed by atoms with E-state index in [4.69, 9.17) is 15.5 Å². The van der Waals surface area contributed by atoms with Crippen LogP contribution in [-0.4, -0.2) is 79.3 Å². The third kappa shape index (κ3) is 5.86. The maximum absolute atomic E-state index is 9.87. The van der Waals surface area contributed by atoms with E-state index in [0.29, 0.717) is 23.5 Å². The number of aromatic nitrogens is 6. The number of aliphatic hydroxyl groups excluding tert-OH is 1. The number of pyridine rings is 3. The first-order valence-corrected chi connectivity index (χ1v) is 14.2. The quantitative estimate of drug-likeness (QED) is 0.267. The lowest BCUT2D eigenvalue weighted by Crippen LogP contribution is -2.46. The average molecular weight is 579 g/mol. The Bertz CT molecular complexity index is 1750. The number of nitrogens with two attached hydrogens (primary N) is 1. The van der Waals surface area contributed by atoms with Gasteiger partial charge in [-0.15, -0.1) is 5.10 Å². The van der Waals surface area contributed by atoms with Gasteiger partial charge in [0.05, 0.1) is 18.8 Å². The van der Waals surface area contributed by atoms with E-state index in [-0.39, 0.29) is 18.3 Å². The lowest BCUT2D eigenvalue weighted by molar-refractivity contribution is 0.219. The second-order valence-corrected chi connectivity index (χ2v) is 10.9. The van der Waals surface area contributed by atoms with E-state index in [9.17, 15) is 10.4 Å². The number of nitrogen functional groups attached to an aromatic ring is 1. The zero-order valence-electron chi connectivity index (χ0n) is 24.3. The van der Waals surface area contributed by atoms with Gasteiger partial charge >= 0.3 is 0 Å². The number of anilines is 2. The molecule has 1 atom stereocenters. The molecule has 1 aliphatic rings. The molecule has 5 aromatic heterocycles. The van der Waals surface area contributed by atoms with Crippen molar-refractivity contribution in [2.45, 2.75) is 20.0 Å². The second kappa shape index (κ2) is 12.1. The molecule has 5 aromatic rings. The number of hydrogen-bond donors (Lipinski definition) is 2. The molecule has 0 saturated carbocycles. The van der Waals surface area contributed by atoms with Crippen LogP contribution in [0.25, 0.3) is 27.8 Å². The Morgan fingerprint density at radius 2 is 1.86 bits per heavy atom. The van der Waals surface area contributed by atoms with Crippen molar-refractivity contribution in [3.05, 3.63) is 72.4 Å². The number of aliphatic hydroxyl groups is 1. The number of nitrogens with zero attached hydrogens (tertiary/aromatic N) is 9. The van der Waals surface area contributed by atoms with Crippen LogP contribution in [0, 0.1) is 17.2 Å². The topological polar surface area (TPSA) is 147 Å². The molecule has 6 heterocycles. The van der Waals surface area contributed by atoms with Gasteiger partial charge in [0.25, 0.3) is 0 Å². The van der Waals surface area contributed by atoms with E-state index in [1.807, 2.05) is 60.7 Å². The lowest BCUT2D eigenvalue weighted by atomic mass is 10.0. The monoisotopic (exact) mass is 578 g/mol. The first-order chi connectivity index (χ1) is 20.9. The van der Waals surface area contributed by atoms with Crippen molar-refractivity contribution in [3.63, 3.8) is 0 Å². The van der Waals surface area contributed by atoms with Gasteiger partial charge in [0.15, 0.2) is 5.82 Å². The zero-order chi connectivity index (χ0) is 29.9. The summed E-state index contributed by atoms with van der Waals surface area (Å²) in [5, 5.41) is 28.2. The number of fused-ring (bicyclic) bond motifs is 1. The van der Waals surface area contributed by atoms with E-state index >= 15 is 0 Å². The molecular formula is C31H34N10O2. The summed E-state index contributed by atoms with van der Waals surface area (Å²) in [5.41, 5.74) is 11.7. The van der Waals surface area contributed by atoms with Gasteiger partial charge in [-0.25, -0.2) is 14.5 Å². The van der Waals surface area contributed by atoms with Gasteiger partial charge in [0.1, 0.15) is 17.5 Å². The Morgan fingerprint density at radius 3 is 2.53 bits per heavy atom. The van der Waals surface area contributed by atoms with Crippen LogP contribution in [0.3, 0.4) is 0 Å². The number of ether oxygens (including phenoxy) is 1. The summed E-state index contributed by atoms with van der Waals surface area (Å²) in [7, 11) is 1.62. The minimum atomic E-state index is 0.0910. The predicted molar refractivity (Wildman–Crippen MR) is 163 cm³/mol. The molecule has 0 bridgehead atoms. The van der Waals surface area contributed by atoms with Crippen LogP contribution in [0.1, 0.15) is 18.1 Å². The van der Waals surface area contributed by atoms with Gasteiger partial charge in [0.2, 0.25) is 5.88 Å². The first kappa shape index (κ1) is 28.1. The van der Waals surface area contributed by atoms with Crippen molar-refractivity contribution in [1.82, 2.24) is 34.3 Å². The van der Waals surface area contributed by atoms with Crippen molar-refractivity contribution in [1.29, 1.82) is 5.26 Å². The van der Waals surface area contributed by atoms with Crippen molar-refractivity contribution in [3.8, 4) is 34.2 Å². The summed E-state index contributed by atoms with van der Waals surface area (Å²) in [6.45, 7) is 7.09. The Balaban J connectivity index is 1.23. The summed E-state index contributed by atoms with van der Waals surface area (Å²) >= 11 is 0. The fraction of sp³-hybridized carbons (Fsp3) is 0.323. The summed E-state index contributed by atoms with van der Waals surface area (Å²) in [5.74, 6) is 1.81. The zero-order valence-corrected chi connectivity index (χ0v) is 24.3. The Hall–Kier alpha value is -4.99. The summed E-state index contributed by atoms with van der Waals surface area (Å²) in [6.07, 6.45) is 9.31. The van der Waals surface area contributed by atoms with Gasteiger partial charge in [-0.05, 0) is 29.7 Å². The van der Waals surface area contributed by atoms with Crippen LogP contribution in [0.4, 0.5) is 11.6 Å². The smallest absolute Gasteiger partial charge is 0.212 e. The Kier molecular flexibility index (Phi) is 7.91. The number of rotatable bonds is 9. The van der Waals surface area contributed by atoms with E-state index in [1.165, 1.54) is 0 Å². The molecule has 0 unspecified atom stereocenters. The Labute approximate surface area is 249 Å².